The van der Waals surface area contributed by atoms with Gasteiger partial charge in [-0.25, -0.2) is 0 Å². The molecule has 2 bridgehead atoms. The van der Waals surface area contributed by atoms with Gasteiger partial charge in [-0.1, -0.05) is 29.3 Å². The van der Waals surface area contributed by atoms with Gasteiger partial charge >= 0.3 is 0 Å². The predicted octanol–water partition coefficient (Wildman–Crippen LogP) is 3.87. The predicted molar refractivity (Wildman–Crippen MR) is 103 cm³/mol. The summed E-state index contributed by atoms with van der Waals surface area (Å²) in [5, 5.41) is 0. The second-order valence-corrected chi connectivity index (χ2v) is 9.16. The Hall–Kier alpha value is -1.07. The number of unbranched alkanes of at least 4 members (excludes halogenated alkanes) is 1. The lowest BCUT2D eigenvalue weighted by Gasteiger charge is -2.57. The number of hydrogen-bond acceptors (Lipinski definition) is 4. The van der Waals surface area contributed by atoms with Crippen LogP contribution in [0.15, 0.2) is 10.5 Å². The van der Waals surface area contributed by atoms with E-state index in [9.17, 15) is 4.79 Å². The van der Waals surface area contributed by atoms with Gasteiger partial charge in [0.25, 0.3) is 0 Å². The molecule has 0 N–H and O–H groups in total. The zero-order chi connectivity index (χ0) is 18.1. The van der Waals surface area contributed by atoms with Crippen molar-refractivity contribution >= 4 is 21.7 Å². The van der Waals surface area contributed by atoms with Crippen LogP contribution in [0.5, 0.6) is 11.5 Å². The molecule has 2 unspecified atom stereocenters. The molecular weight excluding hydrogens is 394 g/mol. The lowest BCUT2D eigenvalue weighted by atomic mass is 9.51. The second-order valence-electron chi connectivity index (χ2n) is 8.30. The SMILES string of the molecule is CCCCN1CC[C@@]23c4c5c(Br)cc(OC)c4O[C@@H]2C(=O)CCC3C1C5. The molecule has 2 fully saturated rings. The number of likely N-dealkylation sites (tertiary alicyclic amines) is 1. The maximum Gasteiger partial charge on any atom is 0.174 e. The molecule has 4 aliphatic rings. The quantitative estimate of drug-likeness (QED) is 0.742. The van der Waals surface area contributed by atoms with E-state index in [4.69, 9.17) is 9.47 Å². The average Bonchev–Trinajstić information content (AvgIpc) is 2.98. The van der Waals surface area contributed by atoms with Crippen LogP contribution >= 0.6 is 15.9 Å². The van der Waals surface area contributed by atoms with E-state index in [1.165, 1.54) is 30.5 Å². The Morgan fingerprint density at radius 3 is 3.08 bits per heavy atom. The molecule has 140 valence electrons. The van der Waals surface area contributed by atoms with Gasteiger partial charge in [0.1, 0.15) is 0 Å². The molecule has 1 aromatic rings. The summed E-state index contributed by atoms with van der Waals surface area (Å²) >= 11 is 3.80. The summed E-state index contributed by atoms with van der Waals surface area (Å²) in [4.78, 5) is 15.6. The van der Waals surface area contributed by atoms with Gasteiger partial charge in [-0.2, -0.15) is 0 Å². The largest absolute Gasteiger partial charge is 0.493 e. The molecule has 1 saturated heterocycles. The van der Waals surface area contributed by atoms with Crippen molar-refractivity contribution in [3.63, 3.8) is 0 Å². The van der Waals surface area contributed by atoms with Crippen LogP contribution in [-0.4, -0.2) is 43.0 Å². The van der Waals surface area contributed by atoms with Crippen molar-refractivity contribution in [3.8, 4) is 11.5 Å². The molecule has 1 aromatic carbocycles. The molecule has 2 aliphatic carbocycles. The molecule has 1 spiro atoms. The van der Waals surface area contributed by atoms with E-state index in [-0.39, 0.29) is 17.3 Å². The first kappa shape index (κ1) is 17.1. The maximum absolute atomic E-state index is 12.9. The number of methoxy groups -OCH3 is 1. The zero-order valence-corrected chi connectivity index (χ0v) is 17.1. The molecule has 4 nitrogen and oxygen atoms in total. The molecular formula is C21H26BrNO3. The molecule has 2 heterocycles. The van der Waals surface area contributed by atoms with E-state index < -0.39 is 0 Å². The van der Waals surface area contributed by atoms with Crippen molar-refractivity contribution in [1.82, 2.24) is 4.90 Å². The van der Waals surface area contributed by atoms with Crippen LogP contribution in [0.2, 0.25) is 0 Å². The van der Waals surface area contributed by atoms with Gasteiger partial charge in [0.15, 0.2) is 23.4 Å². The number of rotatable bonds is 4. The Balaban J connectivity index is 1.70. The molecule has 5 rings (SSSR count). The highest BCUT2D eigenvalue weighted by Gasteiger charge is 2.66. The lowest BCUT2D eigenvalue weighted by molar-refractivity contribution is -0.138. The van der Waals surface area contributed by atoms with Gasteiger partial charge in [0.05, 0.1) is 7.11 Å². The Morgan fingerprint density at radius 1 is 1.46 bits per heavy atom. The average molecular weight is 420 g/mol. The summed E-state index contributed by atoms with van der Waals surface area (Å²) in [7, 11) is 1.69. The van der Waals surface area contributed by atoms with Gasteiger partial charge < -0.3 is 9.47 Å². The summed E-state index contributed by atoms with van der Waals surface area (Å²) in [6.07, 6.45) is 5.89. The maximum atomic E-state index is 12.9. The lowest BCUT2D eigenvalue weighted by Crippen LogP contribution is -2.66. The van der Waals surface area contributed by atoms with Crippen molar-refractivity contribution in [2.75, 3.05) is 20.2 Å². The summed E-state index contributed by atoms with van der Waals surface area (Å²) < 4.78 is 13.1. The van der Waals surface area contributed by atoms with Crippen molar-refractivity contribution in [2.45, 2.75) is 63.0 Å². The number of piperidine rings is 1. The Bertz CT molecular complexity index is 779. The fraction of sp³-hybridized carbons (Fsp3) is 0.667. The first-order valence-corrected chi connectivity index (χ1v) is 10.7. The minimum Gasteiger partial charge on any atom is -0.493 e. The minimum atomic E-state index is -0.311. The molecule has 0 amide bonds. The summed E-state index contributed by atoms with van der Waals surface area (Å²) in [6.45, 7) is 4.50. The number of ether oxygens (including phenoxy) is 2. The normalized spacial score (nSPS) is 34.4. The van der Waals surface area contributed by atoms with Crippen molar-refractivity contribution < 1.29 is 14.3 Å². The molecule has 2 aliphatic heterocycles. The van der Waals surface area contributed by atoms with E-state index >= 15 is 0 Å². The van der Waals surface area contributed by atoms with Crippen molar-refractivity contribution in [1.29, 1.82) is 0 Å². The fourth-order valence-electron chi connectivity index (χ4n) is 6.23. The van der Waals surface area contributed by atoms with E-state index in [2.05, 4.69) is 27.8 Å². The van der Waals surface area contributed by atoms with Crippen LogP contribution in [0.1, 0.15) is 50.2 Å². The van der Waals surface area contributed by atoms with Crippen LogP contribution in [0.4, 0.5) is 0 Å². The highest BCUT2D eigenvalue weighted by molar-refractivity contribution is 9.10. The third-order valence-electron chi connectivity index (χ3n) is 7.30. The smallest absolute Gasteiger partial charge is 0.174 e. The minimum absolute atomic E-state index is 0.136. The zero-order valence-electron chi connectivity index (χ0n) is 15.5. The Morgan fingerprint density at radius 2 is 2.31 bits per heavy atom. The molecule has 4 atom stereocenters. The van der Waals surface area contributed by atoms with Gasteiger partial charge in [0, 0.05) is 27.9 Å². The number of nitrogens with zero attached hydrogens (tertiary/aromatic N) is 1. The van der Waals surface area contributed by atoms with E-state index in [0.717, 1.165) is 41.8 Å². The first-order valence-electron chi connectivity index (χ1n) is 9.95. The number of hydrogen-bond donors (Lipinski definition) is 0. The number of ketones is 1. The first-order chi connectivity index (χ1) is 12.6. The van der Waals surface area contributed by atoms with Gasteiger partial charge in [0.2, 0.25) is 0 Å². The van der Waals surface area contributed by atoms with Crippen LogP contribution in [-0.2, 0) is 16.6 Å². The number of carbonyl (C=O) groups is 1. The summed E-state index contributed by atoms with van der Waals surface area (Å²) in [5.74, 6) is 2.40. The number of halogens is 1. The van der Waals surface area contributed by atoms with Crippen molar-refractivity contribution in [2.24, 2.45) is 5.92 Å². The molecule has 26 heavy (non-hydrogen) atoms. The highest BCUT2D eigenvalue weighted by atomic mass is 79.9. The topological polar surface area (TPSA) is 38.8 Å². The number of Topliss-reactive ketones (excluding diaryl/α,β-unsaturated/α-hetero) is 1. The van der Waals surface area contributed by atoms with E-state index in [1.54, 1.807) is 7.11 Å². The van der Waals surface area contributed by atoms with Gasteiger partial charge in [-0.3, -0.25) is 9.69 Å². The van der Waals surface area contributed by atoms with Crippen LogP contribution < -0.4 is 9.47 Å². The third-order valence-corrected chi connectivity index (χ3v) is 8.01. The number of carbonyl (C=O) groups excluding carboxylic acids is 1. The van der Waals surface area contributed by atoms with Crippen molar-refractivity contribution in [3.05, 3.63) is 21.7 Å². The Kier molecular flexibility index (Phi) is 3.91. The molecule has 1 saturated carbocycles. The Labute approximate surface area is 163 Å². The summed E-state index contributed by atoms with van der Waals surface area (Å²) in [5.41, 5.74) is 2.50. The third kappa shape index (κ3) is 2.02. The molecule has 0 radical (unpaired) electrons. The van der Waals surface area contributed by atoms with Gasteiger partial charge in [-0.05, 0) is 56.3 Å². The highest BCUT2D eigenvalue weighted by Crippen LogP contribution is 2.64. The van der Waals surface area contributed by atoms with Gasteiger partial charge in [-0.15, -0.1) is 0 Å². The van der Waals surface area contributed by atoms with E-state index in [1.807, 2.05) is 6.07 Å². The molecule has 5 heteroatoms. The van der Waals surface area contributed by atoms with Crippen LogP contribution in [0.25, 0.3) is 0 Å². The number of benzene rings is 1. The van der Waals surface area contributed by atoms with E-state index in [0.29, 0.717) is 18.4 Å². The van der Waals surface area contributed by atoms with Crippen LogP contribution in [0.3, 0.4) is 0 Å². The standard InChI is InChI=1S/C21H26BrNO3/c1-3-4-8-23-9-7-21-13-5-6-16(24)20(21)26-19-17(25-2)11-14(22)12(18(19)21)10-15(13)23/h11,13,15,20H,3-10H2,1-2H3/t13?,15?,20-,21-/m1/s1. The summed E-state index contributed by atoms with van der Waals surface area (Å²) in [6, 6.07) is 2.55. The second kappa shape index (κ2) is 5.96. The monoisotopic (exact) mass is 419 g/mol. The van der Waals surface area contributed by atoms with Crippen LogP contribution in [0, 0.1) is 5.92 Å². The fourth-order valence-corrected chi connectivity index (χ4v) is 6.79. The molecule has 0 aromatic heterocycles.